The molecule has 1 aromatic rings. The quantitative estimate of drug-likeness (QED) is 0.437. The number of alkyl halides is 1. The van der Waals surface area contributed by atoms with E-state index in [0.717, 1.165) is 5.50 Å². The molecule has 0 heterocycles. The van der Waals surface area contributed by atoms with Crippen LogP contribution in [-0.2, 0) is 0 Å². The van der Waals surface area contributed by atoms with Crippen LogP contribution in [0.15, 0.2) is 30.3 Å². The van der Waals surface area contributed by atoms with E-state index in [2.05, 4.69) is 24.3 Å². The lowest BCUT2D eigenvalue weighted by molar-refractivity contribution is 1.76. The fraction of sp³-hybridized carbons (Fsp3) is 0.143. The largest absolute Gasteiger partial charge is 0.130 e. The molecule has 0 amide bonds. The van der Waals surface area contributed by atoms with Crippen LogP contribution in [0.3, 0.4) is 0 Å². The van der Waals surface area contributed by atoms with Crippen molar-refractivity contribution < 1.29 is 0 Å². The van der Waals surface area contributed by atoms with Crippen molar-refractivity contribution in [2.24, 2.45) is 0 Å². The maximum atomic E-state index is 5.60. The third-order valence-electron chi connectivity index (χ3n) is 1.23. The van der Waals surface area contributed by atoms with E-state index in [-0.39, 0.29) is 9.52 Å². The SMILES string of the molecule is ClC[SiH2]c1ccccc1. The van der Waals surface area contributed by atoms with E-state index >= 15 is 0 Å². The Balaban J connectivity index is 2.61. The summed E-state index contributed by atoms with van der Waals surface area (Å²) in [5.74, 6) is 0. The van der Waals surface area contributed by atoms with Crippen LogP contribution in [0.4, 0.5) is 0 Å². The molecule has 0 aliphatic rings. The lowest BCUT2D eigenvalue weighted by atomic mass is 10.4. The van der Waals surface area contributed by atoms with Crippen LogP contribution in [0.25, 0.3) is 0 Å². The first kappa shape index (κ1) is 6.84. The van der Waals surface area contributed by atoms with Gasteiger partial charge in [-0.05, 0) is 0 Å². The Morgan fingerprint density at radius 3 is 2.44 bits per heavy atom. The van der Waals surface area contributed by atoms with Gasteiger partial charge in [-0.25, -0.2) is 0 Å². The molecular formula is C7H9ClSi. The van der Waals surface area contributed by atoms with Crippen LogP contribution < -0.4 is 5.19 Å². The van der Waals surface area contributed by atoms with E-state index < -0.39 is 0 Å². The van der Waals surface area contributed by atoms with Gasteiger partial charge >= 0.3 is 0 Å². The van der Waals surface area contributed by atoms with Gasteiger partial charge in [-0.1, -0.05) is 35.5 Å². The van der Waals surface area contributed by atoms with E-state index in [4.69, 9.17) is 11.6 Å². The van der Waals surface area contributed by atoms with Gasteiger partial charge in [0.25, 0.3) is 0 Å². The Kier molecular flexibility index (Phi) is 2.81. The van der Waals surface area contributed by atoms with Crippen molar-refractivity contribution in [2.45, 2.75) is 0 Å². The van der Waals surface area contributed by atoms with Gasteiger partial charge < -0.3 is 0 Å². The van der Waals surface area contributed by atoms with Crippen LogP contribution in [-0.4, -0.2) is 15.0 Å². The summed E-state index contributed by atoms with van der Waals surface area (Å²) in [6.07, 6.45) is 0. The summed E-state index contributed by atoms with van der Waals surface area (Å²) in [5.41, 5.74) is 0.851. The number of hydrogen-bond acceptors (Lipinski definition) is 0. The normalized spacial score (nSPS) is 10.8. The summed E-state index contributed by atoms with van der Waals surface area (Å²) in [4.78, 5) is 0. The molecule has 0 saturated carbocycles. The number of benzene rings is 1. The van der Waals surface area contributed by atoms with Gasteiger partial charge in [0.05, 0.1) is 9.52 Å². The zero-order valence-electron chi connectivity index (χ0n) is 5.18. The Labute approximate surface area is 62.7 Å². The minimum Gasteiger partial charge on any atom is -0.130 e. The molecule has 0 nitrogen and oxygen atoms in total. The van der Waals surface area contributed by atoms with Crippen molar-refractivity contribution in [3.63, 3.8) is 0 Å². The first-order chi connectivity index (χ1) is 4.43. The summed E-state index contributed by atoms with van der Waals surface area (Å²) in [5, 5.41) is 1.45. The molecule has 0 saturated heterocycles. The van der Waals surface area contributed by atoms with Crippen LogP contribution in [0, 0.1) is 0 Å². The summed E-state index contributed by atoms with van der Waals surface area (Å²) in [7, 11) is -0.136. The standard InChI is InChI=1S/C7H9ClSi/c8-6-9-7-4-2-1-3-5-7/h1-5H,6,9H2. The zero-order valence-corrected chi connectivity index (χ0v) is 7.35. The highest BCUT2D eigenvalue weighted by Crippen LogP contribution is 1.81. The molecular weight excluding hydrogens is 148 g/mol. The summed E-state index contributed by atoms with van der Waals surface area (Å²) >= 11 is 5.60. The fourth-order valence-electron chi connectivity index (χ4n) is 0.754. The van der Waals surface area contributed by atoms with Gasteiger partial charge in [-0.2, -0.15) is 0 Å². The molecule has 0 radical (unpaired) electrons. The second-order valence-electron chi connectivity index (χ2n) is 1.92. The second-order valence-corrected chi connectivity index (χ2v) is 4.75. The van der Waals surface area contributed by atoms with Gasteiger partial charge in [0, 0.05) is 5.50 Å². The van der Waals surface area contributed by atoms with Gasteiger partial charge in [0.2, 0.25) is 0 Å². The van der Waals surface area contributed by atoms with E-state index in [9.17, 15) is 0 Å². The van der Waals surface area contributed by atoms with Gasteiger partial charge in [-0.3, -0.25) is 0 Å². The van der Waals surface area contributed by atoms with Gasteiger partial charge in [0.1, 0.15) is 0 Å². The summed E-state index contributed by atoms with van der Waals surface area (Å²) in [6.45, 7) is 0. The number of rotatable bonds is 2. The molecule has 0 N–H and O–H groups in total. The molecule has 0 aromatic heterocycles. The van der Waals surface area contributed by atoms with Crippen LogP contribution in [0.5, 0.6) is 0 Å². The molecule has 0 atom stereocenters. The zero-order chi connectivity index (χ0) is 6.53. The average Bonchev–Trinajstić information content (AvgIpc) is 1.91. The Morgan fingerprint density at radius 2 is 1.89 bits per heavy atom. The highest BCUT2D eigenvalue weighted by Gasteiger charge is 1.86. The van der Waals surface area contributed by atoms with Crippen molar-refractivity contribution in [3.8, 4) is 0 Å². The van der Waals surface area contributed by atoms with Crippen molar-refractivity contribution >= 4 is 26.3 Å². The molecule has 0 aliphatic heterocycles. The average molecular weight is 157 g/mol. The predicted octanol–water partition coefficient (Wildman–Crippen LogP) is 0.677. The molecule has 1 rings (SSSR count). The molecule has 0 bridgehead atoms. The molecule has 2 heteroatoms. The van der Waals surface area contributed by atoms with Gasteiger partial charge in [0.15, 0.2) is 0 Å². The van der Waals surface area contributed by atoms with Crippen LogP contribution in [0.2, 0.25) is 0 Å². The van der Waals surface area contributed by atoms with Crippen molar-refractivity contribution in [2.75, 3.05) is 5.50 Å². The third kappa shape index (κ3) is 2.20. The topological polar surface area (TPSA) is 0 Å². The highest BCUT2D eigenvalue weighted by molar-refractivity contribution is 6.62. The number of halogens is 1. The molecule has 0 spiro atoms. The highest BCUT2D eigenvalue weighted by atomic mass is 35.5. The monoisotopic (exact) mass is 156 g/mol. The molecule has 1 aromatic carbocycles. The smallest absolute Gasteiger partial charge is 0.0714 e. The molecule has 48 valence electrons. The van der Waals surface area contributed by atoms with Crippen molar-refractivity contribution in [3.05, 3.63) is 30.3 Å². The van der Waals surface area contributed by atoms with Crippen LogP contribution >= 0.6 is 11.6 Å². The maximum Gasteiger partial charge on any atom is 0.0714 e. The first-order valence-electron chi connectivity index (χ1n) is 3.03. The fourth-order valence-corrected chi connectivity index (χ4v) is 2.23. The Morgan fingerprint density at radius 1 is 1.22 bits per heavy atom. The van der Waals surface area contributed by atoms with Crippen molar-refractivity contribution in [1.82, 2.24) is 0 Å². The van der Waals surface area contributed by atoms with E-state index in [1.807, 2.05) is 6.07 Å². The summed E-state index contributed by atoms with van der Waals surface area (Å²) in [6, 6.07) is 10.5. The third-order valence-corrected chi connectivity index (χ3v) is 3.03. The minimum absolute atomic E-state index is 0.136. The summed E-state index contributed by atoms with van der Waals surface area (Å²) < 4.78 is 0. The predicted molar refractivity (Wildman–Crippen MR) is 45.3 cm³/mol. The lowest BCUT2D eigenvalue weighted by Crippen LogP contribution is -2.13. The Hall–Kier alpha value is -0.273. The minimum atomic E-state index is -0.136. The maximum absolute atomic E-state index is 5.60. The second kappa shape index (κ2) is 3.70. The lowest BCUT2D eigenvalue weighted by Gasteiger charge is -1.91. The molecule has 0 fully saturated rings. The molecule has 9 heavy (non-hydrogen) atoms. The molecule has 0 unspecified atom stereocenters. The van der Waals surface area contributed by atoms with Crippen LogP contribution in [0.1, 0.15) is 0 Å². The molecule has 0 aliphatic carbocycles. The number of hydrogen-bond donors (Lipinski definition) is 0. The first-order valence-corrected chi connectivity index (χ1v) is 5.27. The van der Waals surface area contributed by atoms with Crippen molar-refractivity contribution in [1.29, 1.82) is 0 Å². The van der Waals surface area contributed by atoms with E-state index in [0.29, 0.717) is 0 Å². The van der Waals surface area contributed by atoms with Gasteiger partial charge in [-0.15, -0.1) is 11.6 Å². The van der Waals surface area contributed by atoms with E-state index in [1.54, 1.807) is 0 Å². The van der Waals surface area contributed by atoms with E-state index in [1.165, 1.54) is 5.19 Å². The Bertz CT molecular complexity index is 162.